The quantitative estimate of drug-likeness (QED) is 0.542. The first kappa shape index (κ1) is 16.7. The molecule has 0 amide bonds. The monoisotopic (exact) mass is 371 g/mol. The summed E-state index contributed by atoms with van der Waals surface area (Å²) in [4.78, 5) is 25.9. The molecule has 6 heteroatoms. The number of fused-ring (bicyclic) bond motifs is 2. The normalized spacial score (nSPS) is 14.8. The summed E-state index contributed by atoms with van der Waals surface area (Å²) in [6.45, 7) is 3.73. The van der Waals surface area contributed by atoms with Crippen molar-refractivity contribution in [3.05, 3.63) is 71.4 Å². The lowest BCUT2D eigenvalue weighted by molar-refractivity contribution is 0.655. The van der Waals surface area contributed by atoms with E-state index in [2.05, 4.69) is 44.0 Å². The number of aryl methyl sites for hydroxylation is 1. The zero-order chi connectivity index (χ0) is 19.1. The predicted molar refractivity (Wildman–Crippen MR) is 113 cm³/mol. The number of pyridine rings is 1. The second-order valence-electron chi connectivity index (χ2n) is 7.18. The van der Waals surface area contributed by atoms with Gasteiger partial charge < -0.3 is 14.4 Å². The second kappa shape index (κ2) is 6.64. The van der Waals surface area contributed by atoms with Crippen molar-refractivity contribution in [3.63, 3.8) is 0 Å². The molecule has 0 aliphatic carbocycles. The van der Waals surface area contributed by atoms with Crippen LogP contribution >= 0.6 is 0 Å². The van der Waals surface area contributed by atoms with E-state index in [9.17, 15) is 4.79 Å². The molecule has 5 rings (SSSR count). The molecule has 1 aliphatic heterocycles. The Morgan fingerprint density at radius 2 is 1.61 bits per heavy atom. The zero-order valence-electron chi connectivity index (χ0n) is 15.7. The van der Waals surface area contributed by atoms with Crippen LogP contribution in [0, 0.1) is 0 Å². The summed E-state index contributed by atoms with van der Waals surface area (Å²) in [6.07, 6.45) is 3.47. The number of benzene rings is 2. The minimum absolute atomic E-state index is 0.00839. The molecule has 140 valence electrons. The van der Waals surface area contributed by atoms with Crippen LogP contribution in [0.4, 0.5) is 11.4 Å². The average Bonchev–Trinajstić information content (AvgIpc) is 2.76. The Morgan fingerprint density at radius 1 is 0.821 bits per heavy atom. The molecule has 0 atom stereocenters. The molecule has 0 unspecified atom stereocenters. The first-order valence-electron chi connectivity index (χ1n) is 9.50. The van der Waals surface area contributed by atoms with Crippen LogP contribution < -0.4 is 15.4 Å². The summed E-state index contributed by atoms with van der Waals surface area (Å²) in [5.41, 5.74) is 4.14. The number of anilines is 2. The Balaban J connectivity index is 1.39. The maximum absolute atomic E-state index is 12.2. The lowest BCUT2D eigenvalue weighted by Crippen LogP contribution is -2.46. The summed E-state index contributed by atoms with van der Waals surface area (Å²) in [5, 5.41) is 1.86. The molecule has 6 nitrogen and oxygen atoms in total. The summed E-state index contributed by atoms with van der Waals surface area (Å²) in [7, 11) is 1.73. The number of piperazine rings is 1. The van der Waals surface area contributed by atoms with E-state index in [1.54, 1.807) is 13.4 Å². The molecule has 1 saturated heterocycles. The number of hydrogen-bond acceptors (Lipinski definition) is 5. The van der Waals surface area contributed by atoms with Gasteiger partial charge in [-0.05, 0) is 30.3 Å². The van der Waals surface area contributed by atoms with E-state index in [0.717, 1.165) is 42.9 Å². The number of hydrogen-bond donors (Lipinski definition) is 0. The van der Waals surface area contributed by atoms with Crippen LogP contribution in [-0.4, -0.2) is 40.7 Å². The van der Waals surface area contributed by atoms with Crippen LogP contribution in [0.15, 0.2) is 65.8 Å². The highest BCUT2D eigenvalue weighted by Gasteiger charge is 2.19. The minimum atomic E-state index is -0.00839. The van der Waals surface area contributed by atoms with Gasteiger partial charge in [-0.3, -0.25) is 9.78 Å². The molecule has 0 radical (unpaired) electrons. The Labute approximate surface area is 162 Å². The maximum atomic E-state index is 12.2. The van der Waals surface area contributed by atoms with E-state index in [4.69, 9.17) is 0 Å². The Morgan fingerprint density at radius 3 is 2.46 bits per heavy atom. The fourth-order valence-corrected chi connectivity index (χ4v) is 3.96. The van der Waals surface area contributed by atoms with Gasteiger partial charge in [0.15, 0.2) is 0 Å². The van der Waals surface area contributed by atoms with Gasteiger partial charge in [-0.15, -0.1) is 0 Å². The third-order valence-electron chi connectivity index (χ3n) is 5.51. The van der Waals surface area contributed by atoms with Gasteiger partial charge in [0, 0.05) is 56.2 Å². The minimum Gasteiger partial charge on any atom is -0.368 e. The largest absolute Gasteiger partial charge is 0.368 e. The van der Waals surface area contributed by atoms with Crippen molar-refractivity contribution < 1.29 is 0 Å². The van der Waals surface area contributed by atoms with Gasteiger partial charge in [-0.2, -0.15) is 0 Å². The maximum Gasteiger partial charge on any atom is 0.260 e. The van der Waals surface area contributed by atoms with Crippen molar-refractivity contribution in [3.8, 4) is 0 Å². The highest BCUT2D eigenvalue weighted by atomic mass is 16.1. The molecule has 3 heterocycles. The van der Waals surface area contributed by atoms with Gasteiger partial charge in [0.05, 0.1) is 22.7 Å². The molecular weight excluding hydrogens is 350 g/mol. The summed E-state index contributed by atoms with van der Waals surface area (Å²) in [5.74, 6) is 0. The van der Waals surface area contributed by atoms with E-state index < -0.39 is 0 Å². The first-order valence-corrected chi connectivity index (χ1v) is 9.50. The molecule has 0 spiro atoms. The highest BCUT2D eigenvalue weighted by molar-refractivity contribution is 5.91. The van der Waals surface area contributed by atoms with Gasteiger partial charge in [0.1, 0.15) is 0 Å². The molecule has 2 aromatic heterocycles. The van der Waals surface area contributed by atoms with Crippen molar-refractivity contribution in [1.29, 1.82) is 0 Å². The van der Waals surface area contributed by atoms with Crippen molar-refractivity contribution in [2.24, 2.45) is 7.05 Å². The average molecular weight is 371 g/mol. The molecule has 0 saturated carbocycles. The van der Waals surface area contributed by atoms with Crippen molar-refractivity contribution >= 4 is 33.2 Å². The number of nitrogens with zero attached hydrogens (tertiary/aromatic N) is 5. The van der Waals surface area contributed by atoms with E-state index in [1.807, 2.05) is 30.5 Å². The molecule has 0 N–H and O–H groups in total. The molecule has 4 aromatic rings. The molecule has 1 aliphatic rings. The van der Waals surface area contributed by atoms with Crippen molar-refractivity contribution in [2.75, 3.05) is 36.0 Å². The van der Waals surface area contributed by atoms with Crippen LogP contribution in [0.3, 0.4) is 0 Å². The molecular formula is C22H21N5O. The molecule has 28 heavy (non-hydrogen) atoms. The standard InChI is InChI=1S/C22H21N5O/c1-25-15-24-20-14-16(6-7-18(20)22(25)28)26-10-12-27(13-11-26)21-8-9-23-19-5-3-2-4-17(19)21/h2-9,14-15H,10-13H2,1H3. The van der Waals surface area contributed by atoms with Crippen molar-refractivity contribution in [1.82, 2.24) is 14.5 Å². The van der Waals surface area contributed by atoms with Gasteiger partial charge in [0.2, 0.25) is 0 Å². The zero-order valence-corrected chi connectivity index (χ0v) is 15.7. The fourth-order valence-electron chi connectivity index (χ4n) is 3.96. The van der Waals surface area contributed by atoms with Crippen molar-refractivity contribution in [2.45, 2.75) is 0 Å². The van der Waals surface area contributed by atoms with Crippen LogP contribution in [0.2, 0.25) is 0 Å². The first-order chi connectivity index (χ1) is 13.7. The van der Waals surface area contributed by atoms with Gasteiger partial charge in [-0.25, -0.2) is 4.98 Å². The summed E-state index contributed by atoms with van der Waals surface area (Å²) in [6, 6.07) is 16.3. The Bertz CT molecular complexity index is 1220. The SMILES string of the molecule is Cn1cnc2cc(N3CCN(c4ccnc5ccccc45)CC3)ccc2c1=O. The molecule has 1 fully saturated rings. The summed E-state index contributed by atoms with van der Waals surface area (Å²) < 4.78 is 1.51. The predicted octanol–water partition coefficient (Wildman–Crippen LogP) is 2.81. The van der Waals surface area contributed by atoms with Crippen LogP contribution in [0.5, 0.6) is 0 Å². The highest BCUT2D eigenvalue weighted by Crippen LogP contribution is 2.27. The molecule has 2 aromatic carbocycles. The van der Waals surface area contributed by atoms with E-state index >= 15 is 0 Å². The van der Waals surface area contributed by atoms with E-state index in [-0.39, 0.29) is 5.56 Å². The van der Waals surface area contributed by atoms with Gasteiger partial charge >= 0.3 is 0 Å². The third-order valence-corrected chi connectivity index (χ3v) is 5.51. The number of para-hydroxylation sites is 1. The van der Waals surface area contributed by atoms with E-state index in [1.165, 1.54) is 15.6 Å². The third kappa shape index (κ3) is 2.78. The Kier molecular flexibility index (Phi) is 3.97. The lowest BCUT2D eigenvalue weighted by Gasteiger charge is -2.37. The van der Waals surface area contributed by atoms with Crippen LogP contribution in [0.1, 0.15) is 0 Å². The van der Waals surface area contributed by atoms with Gasteiger partial charge in [-0.1, -0.05) is 18.2 Å². The number of rotatable bonds is 2. The smallest absolute Gasteiger partial charge is 0.260 e. The van der Waals surface area contributed by atoms with E-state index in [0.29, 0.717) is 5.39 Å². The number of aromatic nitrogens is 3. The molecule has 0 bridgehead atoms. The van der Waals surface area contributed by atoms with Gasteiger partial charge in [0.25, 0.3) is 5.56 Å². The topological polar surface area (TPSA) is 54.3 Å². The second-order valence-corrected chi connectivity index (χ2v) is 7.18. The lowest BCUT2D eigenvalue weighted by atomic mass is 10.1. The van der Waals surface area contributed by atoms with Crippen LogP contribution in [-0.2, 0) is 7.05 Å². The Hall–Kier alpha value is -3.41. The van der Waals surface area contributed by atoms with Crippen LogP contribution in [0.25, 0.3) is 21.8 Å². The summed E-state index contributed by atoms with van der Waals surface area (Å²) >= 11 is 0. The fraction of sp³-hybridized carbons (Fsp3) is 0.227.